The molecule has 27 heavy (non-hydrogen) atoms. The minimum atomic E-state index is -0.256. The van der Waals surface area contributed by atoms with E-state index in [1.165, 1.54) is 38.5 Å². The van der Waals surface area contributed by atoms with Crippen LogP contribution in [0.15, 0.2) is 0 Å². The van der Waals surface area contributed by atoms with E-state index in [0.29, 0.717) is 5.41 Å². The lowest BCUT2D eigenvalue weighted by Crippen LogP contribution is -2.56. The number of ether oxygens (including phenoxy) is 3. The fourth-order valence-electron chi connectivity index (χ4n) is 8.30. The molecule has 0 unspecified atom stereocenters. The Labute approximate surface area is 163 Å². The summed E-state index contributed by atoms with van der Waals surface area (Å²) in [6, 6.07) is 0. The maximum absolute atomic E-state index is 11.6. The summed E-state index contributed by atoms with van der Waals surface area (Å²) in [5.74, 6) is 2.74. The monoisotopic (exact) mass is 376 g/mol. The van der Waals surface area contributed by atoms with Gasteiger partial charge in [0.2, 0.25) is 0 Å². The predicted octanol–water partition coefficient (Wildman–Crippen LogP) is 4.70. The molecule has 0 bridgehead atoms. The number of hydrogen-bond acceptors (Lipinski definition) is 4. The summed E-state index contributed by atoms with van der Waals surface area (Å²) in [7, 11) is 0. The molecule has 5 aliphatic rings. The smallest absolute Gasteiger partial charge is 0.302 e. The van der Waals surface area contributed by atoms with Crippen molar-refractivity contribution in [3.63, 3.8) is 0 Å². The maximum atomic E-state index is 11.6. The Morgan fingerprint density at radius 1 is 0.889 bits per heavy atom. The van der Waals surface area contributed by atoms with Gasteiger partial charge in [-0.05, 0) is 74.0 Å². The lowest BCUT2D eigenvalue weighted by molar-refractivity contribution is -0.230. The molecule has 1 aliphatic heterocycles. The third-order valence-electron chi connectivity index (χ3n) is 9.70. The molecule has 7 atom stereocenters. The first-order valence-electron chi connectivity index (χ1n) is 11.3. The molecule has 1 spiro atoms. The van der Waals surface area contributed by atoms with E-state index in [4.69, 9.17) is 14.2 Å². The molecule has 5 fully saturated rings. The minimum absolute atomic E-state index is 0.103. The molecule has 1 heterocycles. The molecule has 0 radical (unpaired) electrons. The molecule has 0 amide bonds. The predicted molar refractivity (Wildman–Crippen MR) is 102 cm³/mol. The van der Waals surface area contributed by atoms with Gasteiger partial charge in [-0.25, -0.2) is 0 Å². The van der Waals surface area contributed by atoms with Crippen molar-refractivity contribution in [1.29, 1.82) is 0 Å². The fraction of sp³-hybridized carbons (Fsp3) is 0.957. The van der Waals surface area contributed by atoms with E-state index in [1.807, 2.05) is 0 Å². The van der Waals surface area contributed by atoms with E-state index < -0.39 is 0 Å². The third-order valence-corrected chi connectivity index (χ3v) is 9.70. The van der Waals surface area contributed by atoms with Gasteiger partial charge in [0.15, 0.2) is 5.79 Å². The molecule has 0 aromatic heterocycles. The van der Waals surface area contributed by atoms with E-state index in [-0.39, 0.29) is 23.3 Å². The number of hydrogen-bond donors (Lipinski definition) is 0. The highest BCUT2D eigenvalue weighted by atomic mass is 16.7. The van der Waals surface area contributed by atoms with Gasteiger partial charge in [-0.15, -0.1) is 0 Å². The Morgan fingerprint density at radius 3 is 2.37 bits per heavy atom. The van der Waals surface area contributed by atoms with Crippen molar-refractivity contribution < 1.29 is 19.0 Å². The van der Waals surface area contributed by atoms with Gasteiger partial charge in [-0.1, -0.05) is 13.8 Å². The highest BCUT2D eigenvalue weighted by Crippen LogP contribution is 2.67. The topological polar surface area (TPSA) is 44.8 Å². The molecule has 4 saturated carbocycles. The summed E-state index contributed by atoms with van der Waals surface area (Å²) in [4.78, 5) is 11.6. The zero-order valence-corrected chi connectivity index (χ0v) is 17.3. The zero-order chi connectivity index (χ0) is 18.9. The van der Waals surface area contributed by atoms with Gasteiger partial charge in [0.1, 0.15) is 6.10 Å². The Kier molecular flexibility index (Phi) is 4.22. The first-order chi connectivity index (χ1) is 12.9. The second-order valence-corrected chi connectivity index (χ2v) is 10.7. The van der Waals surface area contributed by atoms with Crippen molar-refractivity contribution in [2.24, 2.45) is 34.5 Å². The highest BCUT2D eigenvalue weighted by molar-refractivity contribution is 5.66. The van der Waals surface area contributed by atoms with Gasteiger partial charge in [0.25, 0.3) is 0 Å². The van der Waals surface area contributed by atoms with E-state index in [1.54, 1.807) is 6.92 Å². The average Bonchev–Trinajstić information content (AvgIpc) is 3.21. The molecule has 0 aromatic carbocycles. The summed E-state index contributed by atoms with van der Waals surface area (Å²) in [5, 5.41) is 0. The van der Waals surface area contributed by atoms with Crippen LogP contribution in [0.4, 0.5) is 0 Å². The quantitative estimate of drug-likeness (QED) is 0.622. The fourth-order valence-corrected chi connectivity index (χ4v) is 8.30. The third kappa shape index (κ3) is 2.65. The summed E-state index contributed by atoms with van der Waals surface area (Å²) in [6.07, 6.45) is 11.0. The van der Waals surface area contributed by atoms with Crippen molar-refractivity contribution in [2.45, 2.75) is 90.4 Å². The lowest BCUT2D eigenvalue weighted by Gasteiger charge is -2.61. The van der Waals surface area contributed by atoms with Gasteiger partial charge < -0.3 is 14.2 Å². The maximum Gasteiger partial charge on any atom is 0.302 e. The van der Waals surface area contributed by atoms with Crippen LogP contribution in [0.1, 0.15) is 78.6 Å². The van der Waals surface area contributed by atoms with E-state index in [0.717, 1.165) is 56.1 Å². The molecule has 5 rings (SSSR count). The van der Waals surface area contributed by atoms with Crippen LogP contribution in [0.3, 0.4) is 0 Å². The van der Waals surface area contributed by atoms with Gasteiger partial charge in [-0.2, -0.15) is 0 Å². The van der Waals surface area contributed by atoms with E-state index in [2.05, 4.69) is 13.8 Å². The summed E-state index contributed by atoms with van der Waals surface area (Å²) in [6.45, 7) is 8.11. The summed E-state index contributed by atoms with van der Waals surface area (Å²) in [5.41, 5.74) is 0.633. The van der Waals surface area contributed by atoms with Crippen LogP contribution < -0.4 is 0 Å². The Bertz CT molecular complexity index is 611. The van der Waals surface area contributed by atoms with Crippen LogP contribution in [0, 0.1) is 34.5 Å². The van der Waals surface area contributed by atoms with E-state index >= 15 is 0 Å². The second-order valence-electron chi connectivity index (χ2n) is 10.7. The van der Waals surface area contributed by atoms with Gasteiger partial charge in [-0.3, -0.25) is 4.79 Å². The van der Waals surface area contributed by atoms with E-state index in [9.17, 15) is 4.79 Å². The van der Waals surface area contributed by atoms with Gasteiger partial charge in [0, 0.05) is 25.2 Å². The Morgan fingerprint density at radius 2 is 1.63 bits per heavy atom. The van der Waals surface area contributed by atoms with Crippen molar-refractivity contribution in [3.8, 4) is 0 Å². The second kappa shape index (κ2) is 6.19. The number of carbonyl (C=O) groups is 1. The minimum Gasteiger partial charge on any atom is -0.462 e. The Balaban J connectivity index is 1.37. The lowest BCUT2D eigenvalue weighted by atomic mass is 9.45. The molecule has 4 heteroatoms. The molecular weight excluding hydrogens is 340 g/mol. The van der Waals surface area contributed by atoms with Gasteiger partial charge >= 0.3 is 5.97 Å². The van der Waals surface area contributed by atoms with Crippen LogP contribution in [0.2, 0.25) is 0 Å². The first-order valence-corrected chi connectivity index (χ1v) is 11.3. The zero-order valence-electron chi connectivity index (χ0n) is 17.3. The highest BCUT2D eigenvalue weighted by Gasteiger charge is 2.62. The number of carbonyl (C=O) groups excluding carboxylic acids is 1. The summed E-state index contributed by atoms with van der Waals surface area (Å²) >= 11 is 0. The van der Waals surface area contributed by atoms with Crippen molar-refractivity contribution >= 4 is 5.97 Å². The largest absolute Gasteiger partial charge is 0.462 e. The SMILES string of the molecule is CC(=O)O[C@H]1CC[C@H]2[C@@H]3CC[C@H]4CC5(CC[C@]4(C)[C@H]3CC[C@]12C)OCCO5. The van der Waals surface area contributed by atoms with Crippen LogP contribution in [-0.2, 0) is 19.0 Å². The summed E-state index contributed by atoms with van der Waals surface area (Å²) < 4.78 is 17.9. The molecule has 0 aromatic rings. The Hall–Kier alpha value is -0.610. The molecule has 152 valence electrons. The average molecular weight is 377 g/mol. The van der Waals surface area contributed by atoms with Crippen LogP contribution in [-0.4, -0.2) is 31.1 Å². The van der Waals surface area contributed by atoms with Crippen molar-refractivity contribution in [3.05, 3.63) is 0 Å². The molecular formula is C23H36O4. The van der Waals surface area contributed by atoms with Crippen LogP contribution in [0.5, 0.6) is 0 Å². The normalized spacial score (nSPS) is 50.7. The number of fused-ring (bicyclic) bond motifs is 5. The molecule has 4 nitrogen and oxygen atoms in total. The van der Waals surface area contributed by atoms with Crippen molar-refractivity contribution in [1.82, 2.24) is 0 Å². The van der Waals surface area contributed by atoms with Crippen LogP contribution in [0.25, 0.3) is 0 Å². The van der Waals surface area contributed by atoms with Crippen molar-refractivity contribution in [2.75, 3.05) is 13.2 Å². The van der Waals surface area contributed by atoms with Gasteiger partial charge in [0.05, 0.1) is 13.2 Å². The number of rotatable bonds is 1. The molecule has 4 aliphatic carbocycles. The first kappa shape index (κ1) is 18.4. The number of esters is 1. The van der Waals surface area contributed by atoms with Crippen LogP contribution >= 0.6 is 0 Å². The standard InChI is InChI=1S/C23H36O4/c1-15(24)27-20-7-6-18-17-5-4-16-14-23(25-12-13-26-23)11-10-21(16,2)19(17)8-9-22(18,20)3/h16-20H,4-14H2,1-3H3/t16-,17-,18-,19-,20-,21-,22-/m0/s1. The molecule has 0 N–H and O–H groups in total. The molecule has 1 saturated heterocycles.